The fourth-order valence-corrected chi connectivity index (χ4v) is 2.21. The number of rotatable bonds is 3. The van der Waals surface area contributed by atoms with E-state index in [1.807, 2.05) is 42.5 Å². The van der Waals surface area contributed by atoms with Gasteiger partial charge in [-0.1, -0.05) is 41.6 Å². The molecular formula is C20H15FIrN4O-2. The molecule has 1 aromatic carbocycles. The number of hydrogen-bond donors (Lipinski definition) is 0. The Labute approximate surface area is 170 Å². The summed E-state index contributed by atoms with van der Waals surface area (Å²) in [6.07, 6.45) is 5.07. The first-order valence-corrected chi connectivity index (χ1v) is 7.80. The first-order chi connectivity index (χ1) is 12.8. The van der Waals surface area contributed by atoms with Crippen molar-refractivity contribution in [2.24, 2.45) is 0 Å². The molecule has 0 fully saturated rings. The van der Waals surface area contributed by atoms with Crippen molar-refractivity contribution in [3.05, 3.63) is 85.1 Å². The summed E-state index contributed by atoms with van der Waals surface area (Å²) in [6.45, 7) is 0. The van der Waals surface area contributed by atoms with Gasteiger partial charge in [-0.2, -0.15) is 0 Å². The number of ether oxygens (including phenoxy) is 1. The number of hydrogen-bond acceptors (Lipinski definition) is 4. The van der Waals surface area contributed by atoms with E-state index in [4.69, 9.17) is 4.74 Å². The van der Waals surface area contributed by atoms with Crippen LogP contribution in [0.5, 0.6) is 5.75 Å². The minimum atomic E-state index is -0.369. The molecule has 7 heteroatoms. The Bertz CT molecular complexity index is 935. The molecule has 0 aliphatic heterocycles. The number of pyridine rings is 2. The van der Waals surface area contributed by atoms with Gasteiger partial charge in [-0.3, -0.25) is 9.37 Å². The third kappa shape index (κ3) is 5.54. The molecule has 0 aliphatic rings. The quantitative estimate of drug-likeness (QED) is 0.372. The standard InChI is InChI=1S/C12H9FNO.C8H6N3.Ir/c1-15-12-8-9(13)5-6-10(12)11-4-2-3-7-14-11;1-2-5-9-7(3-1)8-4-6-10-11-8;/h2-5,7-8H,1H3;1-6H;/q2*-1;. The van der Waals surface area contributed by atoms with Crippen LogP contribution in [0.4, 0.5) is 4.39 Å². The summed E-state index contributed by atoms with van der Waals surface area (Å²) in [5.74, 6) is 0.0697. The van der Waals surface area contributed by atoms with Crippen LogP contribution in [0.15, 0.2) is 73.2 Å². The van der Waals surface area contributed by atoms with Gasteiger partial charge in [0.2, 0.25) is 0 Å². The summed E-state index contributed by atoms with van der Waals surface area (Å²) < 4.78 is 18.0. The molecule has 0 saturated heterocycles. The van der Waals surface area contributed by atoms with Crippen molar-refractivity contribution in [3.63, 3.8) is 0 Å². The van der Waals surface area contributed by atoms with Crippen LogP contribution in [0, 0.1) is 11.9 Å². The van der Waals surface area contributed by atoms with Gasteiger partial charge in [0.25, 0.3) is 0 Å². The molecule has 0 atom stereocenters. The Morgan fingerprint density at radius 1 is 0.963 bits per heavy atom. The number of methoxy groups -OCH3 is 1. The Morgan fingerprint density at radius 2 is 1.67 bits per heavy atom. The Balaban J connectivity index is 0.000000194. The minimum Gasteiger partial charge on any atom is -0.574 e. The van der Waals surface area contributed by atoms with Gasteiger partial charge in [0.1, 0.15) is 0 Å². The van der Waals surface area contributed by atoms with Gasteiger partial charge in [-0.25, -0.2) is 0 Å². The third-order valence-electron chi connectivity index (χ3n) is 3.40. The molecule has 0 bridgehead atoms. The van der Waals surface area contributed by atoms with E-state index in [2.05, 4.69) is 26.2 Å². The Kier molecular flexibility index (Phi) is 7.79. The average molecular weight is 539 g/mol. The number of aromatic nitrogens is 4. The molecular weight excluding hydrogens is 523 g/mol. The topological polar surface area (TPSA) is 62.0 Å². The second-order valence-corrected chi connectivity index (χ2v) is 5.11. The summed E-state index contributed by atoms with van der Waals surface area (Å²) >= 11 is 0. The molecule has 0 spiro atoms. The zero-order valence-corrected chi connectivity index (χ0v) is 16.7. The SMILES string of the molecule is COc1cc(F)c[c-]c1-c1ccccn1.[Ir].c1ccc(-c2ccn[n-]2)nc1. The van der Waals surface area contributed by atoms with E-state index >= 15 is 0 Å². The smallest absolute Gasteiger partial charge is 0.0647 e. The van der Waals surface area contributed by atoms with Crippen molar-refractivity contribution in [2.45, 2.75) is 0 Å². The molecule has 27 heavy (non-hydrogen) atoms. The zero-order valence-electron chi connectivity index (χ0n) is 14.3. The molecule has 0 saturated carbocycles. The van der Waals surface area contributed by atoms with Crippen molar-refractivity contribution in [1.29, 1.82) is 0 Å². The van der Waals surface area contributed by atoms with E-state index < -0.39 is 0 Å². The van der Waals surface area contributed by atoms with Gasteiger partial charge in [0.15, 0.2) is 0 Å². The zero-order chi connectivity index (χ0) is 18.2. The van der Waals surface area contributed by atoms with Crippen molar-refractivity contribution in [2.75, 3.05) is 7.11 Å². The van der Waals surface area contributed by atoms with E-state index in [0.717, 1.165) is 11.4 Å². The molecule has 3 aromatic heterocycles. The van der Waals surface area contributed by atoms with Crippen molar-refractivity contribution >= 4 is 0 Å². The van der Waals surface area contributed by atoms with Crippen molar-refractivity contribution < 1.29 is 29.2 Å². The molecule has 4 aromatic rings. The van der Waals surface area contributed by atoms with Gasteiger partial charge in [0.05, 0.1) is 7.11 Å². The fraction of sp³-hybridized carbons (Fsp3) is 0.0500. The summed E-state index contributed by atoms with van der Waals surface area (Å²) in [5, 5.41) is 7.58. The van der Waals surface area contributed by atoms with E-state index in [9.17, 15) is 4.39 Å². The van der Waals surface area contributed by atoms with Crippen LogP contribution < -0.4 is 9.84 Å². The van der Waals surface area contributed by atoms with Crippen LogP contribution in [0.3, 0.4) is 0 Å². The molecule has 1 radical (unpaired) electrons. The predicted molar refractivity (Wildman–Crippen MR) is 95.8 cm³/mol. The summed E-state index contributed by atoms with van der Waals surface area (Å²) in [6, 6.07) is 18.4. The van der Waals surface area contributed by atoms with Crippen molar-refractivity contribution in [3.8, 4) is 28.4 Å². The summed E-state index contributed by atoms with van der Waals surface area (Å²) in [4.78, 5) is 8.27. The maximum Gasteiger partial charge on any atom is 0.0647 e. The summed E-state index contributed by atoms with van der Waals surface area (Å²) in [5.41, 5.74) is 3.07. The fourth-order valence-electron chi connectivity index (χ4n) is 2.21. The molecule has 3 heterocycles. The Morgan fingerprint density at radius 3 is 2.22 bits per heavy atom. The van der Waals surface area contributed by atoms with E-state index in [1.165, 1.54) is 19.2 Å². The molecule has 139 valence electrons. The van der Waals surface area contributed by atoms with Crippen LogP contribution in [-0.4, -0.2) is 22.2 Å². The second-order valence-electron chi connectivity index (χ2n) is 5.11. The second kappa shape index (κ2) is 10.3. The molecule has 0 unspecified atom stereocenters. The predicted octanol–water partition coefficient (Wildman–Crippen LogP) is 3.79. The van der Waals surface area contributed by atoms with Gasteiger partial charge in [-0.05, 0) is 23.9 Å². The first kappa shape index (κ1) is 20.4. The number of halogens is 1. The summed E-state index contributed by atoms with van der Waals surface area (Å²) in [7, 11) is 1.50. The normalized spacial score (nSPS) is 9.56. The van der Waals surface area contributed by atoms with Crippen LogP contribution >= 0.6 is 0 Å². The number of benzene rings is 1. The maximum atomic E-state index is 12.9. The first-order valence-electron chi connectivity index (χ1n) is 7.80. The van der Waals surface area contributed by atoms with Gasteiger partial charge in [0, 0.05) is 56.0 Å². The van der Waals surface area contributed by atoms with E-state index in [-0.39, 0.29) is 25.9 Å². The van der Waals surface area contributed by atoms with Gasteiger partial charge >= 0.3 is 0 Å². The monoisotopic (exact) mass is 539 g/mol. The minimum absolute atomic E-state index is 0. The van der Waals surface area contributed by atoms with Crippen LogP contribution in [0.25, 0.3) is 22.6 Å². The van der Waals surface area contributed by atoms with Crippen LogP contribution in [0.1, 0.15) is 0 Å². The van der Waals surface area contributed by atoms with E-state index in [1.54, 1.807) is 18.6 Å². The molecule has 5 nitrogen and oxygen atoms in total. The Hall–Kier alpha value is -2.89. The average Bonchev–Trinajstić information content (AvgIpc) is 3.25. The van der Waals surface area contributed by atoms with E-state index in [0.29, 0.717) is 17.0 Å². The van der Waals surface area contributed by atoms with Gasteiger partial charge < -0.3 is 19.9 Å². The number of nitrogens with zero attached hydrogens (tertiary/aromatic N) is 4. The van der Waals surface area contributed by atoms with Crippen LogP contribution in [0.2, 0.25) is 0 Å². The molecule has 0 aliphatic carbocycles. The molecule has 4 rings (SSSR count). The van der Waals surface area contributed by atoms with Crippen molar-refractivity contribution in [1.82, 2.24) is 20.2 Å². The largest absolute Gasteiger partial charge is 0.574 e. The van der Waals surface area contributed by atoms with Crippen LogP contribution in [-0.2, 0) is 20.1 Å². The molecule has 0 N–H and O–H groups in total. The molecule has 0 amide bonds. The maximum absolute atomic E-state index is 12.9. The third-order valence-corrected chi connectivity index (χ3v) is 3.40. The van der Waals surface area contributed by atoms with Gasteiger partial charge in [-0.15, -0.1) is 12.1 Å².